The molecule has 3 rings (SSSR count). The quantitative estimate of drug-likeness (QED) is 0.546. The van der Waals surface area contributed by atoms with Crippen LogP contribution in [0.1, 0.15) is 6.42 Å². The molecule has 76 valence electrons. The molecular weight excluding hydrogens is 190 g/mol. The second kappa shape index (κ2) is 3.08. The van der Waals surface area contributed by atoms with E-state index >= 15 is 0 Å². The summed E-state index contributed by atoms with van der Waals surface area (Å²) in [6.45, 7) is 0.501. The van der Waals surface area contributed by atoms with Crippen molar-refractivity contribution in [2.24, 2.45) is 5.92 Å². The Bertz CT molecular complexity index is 535. The number of fused-ring (bicyclic) bond motifs is 2. The molecule has 1 aromatic rings. The van der Waals surface area contributed by atoms with E-state index in [0.717, 1.165) is 22.7 Å². The Balaban J connectivity index is 2.29. The maximum Gasteiger partial charge on any atom is 0.230 e. The maximum atomic E-state index is 11.6. The zero-order valence-corrected chi connectivity index (χ0v) is 8.16. The summed E-state index contributed by atoms with van der Waals surface area (Å²) in [5.74, 6) is 0.0115. The van der Waals surface area contributed by atoms with Gasteiger partial charge in [0, 0.05) is 6.20 Å². The van der Waals surface area contributed by atoms with Crippen molar-refractivity contribution in [2.45, 2.75) is 6.42 Å². The van der Waals surface area contributed by atoms with Crippen LogP contribution in [0.3, 0.4) is 0 Å². The molecule has 0 bridgehead atoms. The van der Waals surface area contributed by atoms with Crippen LogP contribution in [0, 0.1) is 5.92 Å². The van der Waals surface area contributed by atoms with Crippen LogP contribution in [0.15, 0.2) is 18.3 Å². The lowest BCUT2D eigenvalue weighted by atomic mass is 9.93. The topological polar surface area (TPSA) is 54.0 Å². The number of hydrogen-bond acceptors (Lipinski definition) is 3. The van der Waals surface area contributed by atoms with E-state index < -0.39 is 0 Å². The minimum Gasteiger partial charge on any atom is -0.369 e. The normalized spacial score (nSPS) is 23.1. The highest BCUT2D eigenvalue weighted by molar-refractivity contribution is 5.89. The first-order valence-electron chi connectivity index (χ1n) is 5.03. The van der Waals surface area contributed by atoms with Gasteiger partial charge < -0.3 is 10.6 Å². The van der Waals surface area contributed by atoms with Crippen LogP contribution >= 0.6 is 0 Å². The average Bonchev–Trinajstić information content (AvgIpc) is 2.29. The van der Waals surface area contributed by atoms with E-state index in [4.69, 9.17) is 0 Å². The summed E-state index contributed by atoms with van der Waals surface area (Å²) in [6.07, 6.45) is 4.59. The lowest BCUT2D eigenvalue weighted by molar-refractivity contribution is -0.124. The second-order valence-corrected chi connectivity index (χ2v) is 3.74. The van der Waals surface area contributed by atoms with E-state index in [2.05, 4.69) is 21.7 Å². The smallest absolute Gasteiger partial charge is 0.230 e. The van der Waals surface area contributed by atoms with Gasteiger partial charge in [0.15, 0.2) is 0 Å². The Kier molecular flexibility index (Phi) is 1.74. The van der Waals surface area contributed by atoms with Gasteiger partial charge in [-0.15, -0.1) is 0 Å². The molecule has 1 aliphatic carbocycles. The third-order valence-electron chi connectivity index (χ3n) is 2.87. The Morgan fingerprint density at radius 2 is 2.33 bits per heavy atom. The number of aromatic nitrogens is 1. The predicted molar refractivity (Wildman–Crippen MR) is 55.6 cm³/mol. The van der Waals surface area contributed by atoms with Gasteiger partial charge in [0.1, 0.15) is 0 Å². The predicted octanol–water partition coefficient (Wildman–Crippen LogP) is -1.33. The zero-order valence-electron chi connectivity index (χ0n) is 8.16. The average molecular weight is 201 g/mol. The standard InChI is InChI=1S/C11H11N3O/c15-11-8-4-3-7-2-1-5-12-9(7)10(8)13-6-14-11/h1-3,5,8,13H,4,6H2,(H,14,15). The van der Waals surface area contributed by atoms with E-state index in [9.17, 15) is 4.79 Å². The first kappa shape index (κ1) is 8.47. The van der Waals surface area contributed by atoms with E-state index in [1.807, 2.05) is 12.1 Å². The Morgan fingerprint density at radius 1 is 1.40 bits per heavy atom. The highest BCUT2D eigenvalue weighted by Crippen LogP contribution is 2.17. The number of hydrogen-bond donors (Lipinski definition) is 2. The van der Waals surface area contributed by atoms with Gasteiger partial charge in [-0.3, -0.25) is 9.78 Å². The molecule has 0 saturated carbocycles. The highest BCUT2D eigenvalue weighted by Gasteiger charge is 2.28. The first-order valence-corrected chi connectivity index (χ1v) is 5.03. The largest absolute Gasteiger partial charge is 0.369 e. The van der Waals surface area contributed by atoms with Gasteiger partial charge in [-0.05, 0) is 17.7 Å². The van der Waals surface area contributed by atoms with Crippen molar-refractivity contribution in [3.05, 3.63) is 28.9 Å². The molecule has 0 aromatic carbocycles. The molecule has 15 heavy (non-hydrogen) atoms. The fourth-order valence-corrected chi connectivity index (χ4v) is 2.13. The van der Waals surface area contributed by atoms with Crippen molar-refractivity contribution in [2.75, 3.05) is 6.67 Å². The maximum absolute atomic E-state index is 11.6. The SMILES string of the molecule is O=C1NCNC2=c3ncccc3=CCC12. The third kappa shape index (κ3) is 1.21. The molecule has 1 aromatic heterocycles. The third-order valence-corrected chi connectivity index (χ3v) is 2.87. The zero-order chi connectivity index (χ0) is 10.3. The van der Waals surface area contributed by atoms with Crippen LogP contribution in [0.2, 0.25) is 0 Å². The monoisotopic (exact) mass is 201 g/mol. The van der Waals surface area contributed by atoms with Gasteiger partial charge in [-0.1, -0.05) is 12.1 Å². The molecule has 0 spiro atoms. The second-order valence-electron chi connectivity index (χ2n) is 3.74. The van der Waals surface area contributed by atoms with E-state index in [1.165, 1.54) is 0 Å². The molecule has 1 aliphatic heterocycles. The molecule has 4 heteroatoms. The summed E-state index contributed by atoms with van der Waals surface area (Å²) < 4.78 is 0. The number of carbonyl (C=O) groups excluding carboxylic acids is 1. The first-order chi connectivity index (χ1) is 7.36. The molecule has 2 aliphatic rings. The van der Waals surface area contributed by atoms with Gasteiger partial charge in [-0.2, -0.15) is 0 Å². The number of nitrogens with one attached hydrogen (secondary N) is 2. The van der Waals surface area contributed by atoms with Gasteiger partial charge in [0.25, 0.3) is 0 Å². The fourth-order valence-electron chi connectivity index (χ4n) is 2.13. The van der Waals surface area contributed by atoms with Crippen molar-refractivity contribution in [1.29, 1.82) is 0 Å². The summed E-state index contributed by atoms with van der Waals surface area (Å²) in [5.41, 5.74) is 0.969. The number of amides is 1. The number of pyridine rings is 1. The van der Waals surface area contributed by atoms with Crippen LogP contribution in [0.5, 0.6) is 0 Å². The van der Waals surface area contributed by atoms with Crippen molar-refractivity contribution in [3.8, 4) is 0 Å². The molecule has 1 unspecified atom stereocenters. The van der Waals surface area contributed by atoms with Crippen LogP contribution < -0.4 is 21.2 Å². The lowest BCUT2D eigenvalue weighted by Gasteiger charge is -2.27. The summed E-state index contributed by atoms with van der Waals surface area (Å²) >= 11 is 0. The van der Waals surface area contributed by atoms with Crippen molar-refractivity contribution in [1.82, 2.24) is 15.6 Å². The molecule has 4 nitrogen and oxygen atoms in total. The number of nitrogens with zero attached hydrogens (tertiary/aromatic N) is 1. The van der Waals surface area contributed by atoms with Gasteiger partial charge in [0.2, 0.25) is 5.91 Å². The molecule has 1 amide bonds. The van der Waals surface area contributed by atoms with Crippen LogP contribution in [0.25, 0.3) is 11.8 Å². The minimum atomic E-state index is -0.0823. The van der Waals surface area contributed by atoms with Gasteiger partial charge >= 0.3 is 0 Å². The molecule has 2 heterocycles. The Hall–Kier alpha value is -1.84. The van der Waals surface area contributed by atoms with Crippen molar-refractivity contribution < 1.29 is 4.79 Å². The molecular formula is C11H11N3O. The molecule has 1 saturated heterocycles. The highest BCUT2D eigenvalue weighted by atomic mass is 16.2. The molecule has 1 fully saturated rings. The van der Waals surface area contributed by atoms with Crippen LogP contribution in [-0.4, -0.2) is 17.6 Å². The van der Waals surface area contributed by atoms with Crippen molar-refractivity contribution >= 4 is 17.7 Å². The summed E-state index contributed by atoms with van der Waals surface area (Å²) in [6, 6.07) is 3.94. The van der Waals surface area contributed by atoms with Crippen LogP contribution in [-0.2, 0) is 4.79 Å². The van der Waals surface area contributed by atoms with E-state index in [-0.39, 0.29) is 11.8 Å². The van der Waals surface area contributed by atoms with Gasteiger partial charge in [-0.25, -0.2) is 0 Å². The van der Waals surface area contributed by atoms with E-state index in [1.54, 1.807) is 6.20 Å². The number of rotatable bonds is 0. The Morgan fingerprint density at radius 3 is 3.27 bits per heavy atom. The minimum absolute atomic E-state index is 0.0823. The summed E-state index contributed by atoms with van der Waals surface area (Å²) in [7, 11) is 0. The Labute approximate surface area is 86.7 Å². The molecule has 0 radical (unpaired) electrons. The van der Waals surface area contributed by atoms with Crippen LogP contribution in [0.4, 0.5) is 0 Å². The summed E-state index contributed by atoms with van der Waals surface area (Å²) in [4.78, 5) is 15.9. The van der Waals surface area contributed by atoms with E-state index in [0.29, 0.717) is 6.67 Å². The fraction of sp³-hybridized carbons (Fsp3) is 0.273. The van der Waals surface area contributed by atoms with Crippen molar-refractivity contribution in [3.63, 3.8) is 0 Å². The number of carbonyl (C=O) groups is 1. The van der Waals surface area contributed by atoms with Gasteiger partial charge in [0.05, 0.1) is 23.6 Å². The summed E-state index contributed by atoms with van der Waals surface area (Å²) in [5, 5.41) is 8.04. The molecule has 2 N–H and O–H groups in total. The lowest BCUT2D eigenvalue weighted by Crippen LogP contribution is -2.52. The molecule has 1 atom stereocenters.